The summed E-state index contributed by atoms with van der Waals surface area (Å²) in [6.07, 6.45) is 1.28. The van der Waals surface area contributed by atoms with E-state index in [0.29, 0.717) is 29.7 Å². The molecular formula is C30H33N3O5S. The highest BCUT2D eigenvalue weighted by Crippen LogP contribution is 2.31. The van der Waals surface area contributed by atoms with Crippen LogP contribution in [0.3, 0.4) is 0 Å². The third-order valence-electron chi connectivity index (χ3n) is 6.66. The fraction of sp³-hybridized carbons (Fsp3) is 0.267. The van der Waals surface area contributed by atoms with E-state index in [0.717, 1.165) is 17.7 Å². The van der Waals surface area contributed by atoms with Gasteiger partial charge in [0.1, 0.15) is 0 Å². The van der Waals surface area contributed by atoms with Crippen molar-refractivity contribution in [3.05, 3.63) is 101 Å². The lowest BCUT2D eigenvalue weighted by Crippen LogP contribution is -2.41. The highest BCUT2D eigenvalue weighted by atomic mass is 32.2. The summed E-state index contributed by atoms with van der Waals surface area (Å²) in [7, 11) is -4.15. The number of benzene rings is 3. The van der Waals surface area contributed by atoms with Gasteiger partial charge in [0.05, 0.1) is 16.5 Å². The molecule has 0 saturated heterocycles. The summed E-state index contributed by atoms with van der Waals surface area (Å²) in [6, 6.07) is 21.8. The maximum Gasteiger partial charge on any atom is 0.335 e. The molecule has 3 N–H and O–H groups in total. The molecule has 1 amide bonds. The first kappa shape index (κ1) is 28.1. The molecular weight excluding hydrogens is 514 g/mol. The molecule has 8 nitrogen and oxygen atoms in total. The fourth-order valence-electron chi connectivity index (χ4n) is 4.75. The van der Waals surface area contributed by atoms with E-state index in [1.54, 1.807) is 48.5 Å². The van der Waals surface area contributed by atoms with Gasteiger partial charge in [-0.05, 0) is 41.7 Å². The van der Waals surface area contributed by atoms with E-state index in [1.165, 1.54) is 6.07 Å². The molecule has 1 aliphatic heterocycles. The average molecular weight is 548 g/mol. The molecule has 4 rings (SSSR count). The second-order valence-corrected chi connectivity index (χ2v) is 11.5. The smallest absolute Gasteiger partial charge is 0.335 e. The summed E-state index contributed by atoms with van der Waals surface area (Å²) >= 11 is 0. The number of hydrogen-bond donors (Lipinski definition) is 3. The van der Waals surface area contributed by atoms with Crippen LogP contribution < -0.4 is 10.1 Å². The topological polar surface area (TPSA) is 116 Å². The molecule has 0 aliphatic carbocycles. The van der Waals surface area contributed by atoms with Crippen molar-refractivity contribution in [3.63, 3.8) is 0 Å². The van der Waals surface area contributed by atoms with Crippen LogP contribution in [0.15, 0.2) is 95.0 Å². The Bertz CT molecular complexity index is 1480. The molecule has 0 bridgehead atoms. The molecule has 0 fully saturated rings. The summed E-state index contributed by atoms with van der Waals surface area (Å²) < 4.78 is 28.5. The molecule has 0 spiro atoms. The zero-order valence-corrected chi connectivity index (χ0v) is 23.0. The van der Waals surface area contributed by atoms with Crippen LogP contribution in [0.5, 0.6) is 0 Å². The van der Waals surface area contributed by atoms with E-state index >= 15 is 0 Å². The number of sulfonamides is 1. The third kappa shape index (κ3) is 6.21. The minimum atomic E-state index is -4.15. The zero-order chi connectivity index (χ0) is 28.2. The lowest BCUT2D eigenvalue weighted by Gasteiger charge is -2.24. The Balaban J connectivity index is 1.62. The van der Waals surface area contributed by atoms with E-state index < -0.39 is 21.9 Å². The predicted molar refractivity (Wildman–Crippen MR) is 150 cm³/mol. The number of allylic oxidation sites excluding steroid dienone is 1. The van der Waals surface area contributed by atoms with Crippen LogP contribution in [0.4, 0.5) is 0 Å². The molecule has 0 radical (unpaired) electrons. The molecule has 3 aromatic carbocycles. The number of rotatable bonds is 10. The number of nitrogens with zero attached hydrogens (tertiary/aromatic N) is 1. The maximum atomic E-state index is 13.2. The molecule has 9 heteroatoms. The van der Waals surface area contributed by atoms with Crippen LogP contribution in [0.25, 0.3) is 11.1 Å². The first-order valence-corrected chi connectivity index (χ1v) is 14.4. The monoisotopic (exact) mass is 547 g/mol. The number of aliphatic carboxylic acids is 1. The van der Waals surface area contributed by atoms with E-state index in [1.807, 2.05) is 50.0 Å². The van der Waals surface area contributed by atoms with Gasteiger partial charge in [0, 0.05) is 29.8 Å². The van der Waals surface area contributed by atoms with Crippen molar-refractivity contribution in [1.82, 2.24) is 15.2 Å². The Labute approximate surface area is 229 Å². The van der Waals surface area contributed by atoms with Crippen molar-refractivity contribution in [2.45, 2.75) is 44.6 Å². The minimum Gasteiger partial charge on any atom is -0.478 e. The summed E-state index contributed by atoms with van der Waals surface area (Å²) in [6.45, 7) is 6.73. The Hall–Kier alpha value is -3.95. The summed E-state index contributed by atoms with van der Waals surface area (Å²) in [4.78, 5) is 24.7. The molecule has 39 heavy (non-hydrogen) atoms. The van der Waals surface area contributed by atoms with Gasteiger partial charge < -0.3 is 10.1 Å². The minimum absolute atomic E-state index is 0.00760. The van der Waals surface area contributed by atoms with E-state index in [4.69, 9.17) is 0 Å². The maximum absolute atomic E-state index is 13.2. The molecule has 1 heterocycles. The number of carboxylic acids is 1. The van der Waals surface area contributed by atoms with Gasteiger partial charge >= 0.3 is 5.97 Å². The fourth-order valence-corrected chi connectivity index (χ4v) is 5.95. The zero-order valence-electron chi connectivity index (χ0n) is 22.2. The molecule has 0 aromatic heterocycles. The average Bonchev–Trinajstić information content (AvgIpc) is 3.28. The highest BCUT2D eigenvalue weighted by Gasteiger charge is 2.36. The highest BCUT2D eigenvalue weighted by molar-refractivity contribution is 7.90. The molecule has 204 valence electrons. The van der Waals surface area contributed by atoms with Crippen molar-refractivity contribution in [1.29, 1.82) is 0 Å². The van der Waals surface area contributed by atoms with E-state index in [-0.39, 0.29) is 22.4 Å². The number of hydrogen-bond acceptors (Lipinski definition) is 6. The van der Waals surface area contributed by atoms with Gasteiger partial charge in [0.2, 0.25) is 0 Å². The second-order valence-electron chi connectivity index (χ2n) is 9.84. The van der Waals surface area contributed by atoms with Gasteiger partial charge in [-0.15, -0.1) is 0 Å². The van der Waals surface area contributed by atoms with Gasteiger partial charge in [-0.25, -0.2) is 23.4 Å². The van der Waals surface area contributed by atoms with Crippen molar-refractivity contribution in [2.75, 3.05) is 6.54 Å². The number of carboxylic acid groups (broad SMARTS) is 1. The van der Waals surface area contributed by atoms with Crippen molar-refractivity contribution in [2.24, 2.45) is 5.92 Å². The van der Waals surface area contributed by atoms with Gasteiger partial charge in [0.25, 0.3) is 15.9 Å². The molecule has 0 saturated carbocycles. The largest absolute Gasteiger partial charge is 0.478 e. The standard InChI is InChI=1S/C30H33N3O5S/c1-4-18-33-25(27(30(35)36)28(31-33)20(2)3)19-21-14-16-22(17-15-21)24-12-8-9-13-26(24)39(37,38)32-29(34)23-10-6-5-7-11-23/h5-17,20,28,31H,4,18-19H2,1-3H3,(H,32,34)(H,35,36). The van der Waals surface area contributed by atoms with E-state index in [9.17, 15) is 23.1 Å². The molecule has 1 unspecified atom stereocenters. The van der Waals surface area contributed by atoms with Gasteiger partial charge in [-0.3, -0.25) is 4.79 Å². The van der Waals surface area contributed by atoms with Crippen LogP contribution in [0.2, 0.25) is 0 Å². The Kier molecular flexibility index (Phi) is 8.52. The Morgan fingerprint density at radius 1 is 0.974 bits per heavy atom. The first-order chi connectivity index (χ1) is 18.6. The third-order valence-corrected chi connectivity index (χ3v) is 8.05. The quantitative estimate of drug-likeness (QED) is 0.340. The van der Waals surface area contributed by atoms with Crippen LogP contribution in [0, 0.1) is 5.92 Å². The Morgan fingerprint density at radius 3 is 2.23 bits per heavy atom. The predicted octanol–water partition coefficient (Wildman–Crippen LogP) is 4.61. The normalized spacial score (nSPS) is 15.6. The number of carbonyl (C=O) groups is 2. The van der Waals surface area contributed by atoms with Crippen molar-refractivity contribution >= 4 is 21.9 Å². The SMILES string of the molecule is CCCN1NC(C(C)C)C(C(=O)O)=C1Cc1ccc(-c2ccccc2S(=O)(=O)NC(=O)c2ccccc2)cc1. The van der Waals surface area contributed by atoms with Crippen LogP contribution in [-0.2, 0) is 21.2 Å². The number of nitrogens with one attached hydrogen (secondary N) is 2. The first-order valence-electron chi connectivity index (χ1n) is 12.9. The number of hydrazine groups is 1. The molecule has 1 atom stereocenters. The van der Waals surface area contributed by atoms with Crippen LogP contribution in [0.1, 0.15) is 43.1 Å². The molecule has 1 aliphatic rings. The number of amides is 1. The lowest BCUT2D eigenvalue weighted by molar-refractivity contribution is -0.133. The summed E-state index contributed by atoms with van der Waals surface area (Å²) in [5, 5.41) is 11.9. The second kappa shape index (κ2) is 11.8. The van der Waals surface area contributed by atoms with Crippen molar-refractivity contribution in [3.8, 4) is 11.1 Å². The van der Waals surface area contributed by atoms with Crippen molar-refractivity contribution < 1.29 is 23.1 Å². The summed E-state index contributed by atoms with van der Waals surface area (Å²) in [5.41, 5.74) is 6.74. The van der Waals surface area contributed by atoms with Gasteiger partial charge in [0.15, 0.2) is 0 Å². The lowest BCUT2D eigenvalue weighted by atomic mass is 9.94. The van der Waals surface area contributed by atoms with Crippen LogP contribution >= 0.6 is 0 Å². The van der Waals surface area contributed by atoms with Gasteiger partial charge in [-0.2, -0.15) is 0 Å². The molecule has 3 aromatic rings. The Morgan fingerprint density at radius 2 is 1.62 bits per heavy atom. The van der Waals surface area contributed by atoms with E-state index in [2.05, 4.69) is 10.1 Å². The number of carbonyl (C=O) groups excluding carboxylic acids is 1. The van der Waals surface area contributed by atoms with Crippen LogP contribution in [-0.4, -0.2) is 43.0 Å². The van der Waals surface area contributed by atoms with Gasteiger partial charge in [-0.1, -0.05) is 81.4 Å². The summed E-state index contributed by atoms with van der Waals surface area (Å²) in [5.74, 6) is -1.52.